The molecular formula is C28H20Cl2N2O2. The quantitative estimate of drug-likeness (QED) is 0.295. The number of halogens is 2. The van der Waals surface area contributed by atoms with E-state index in [4.69, 9.17) is 23.2 Å². The Morgan fingerprint density at radius 2 is 1.65 bits per heavy atom. The maximum Gasteiger partial charge on any atom is 0.197 e. The smallest absolute Gasteiger partial charge is 0.197 e. The molecule has 0 saturated carbocycles. The number of fused-ring (bicyclic) bond motifs is 4. The molecule has 2 unspecified atom stereocenters. The van der Waals surface area contributed by atoms with E-state index in [1.54, 1.807) is 6.07 Å². The van der Waals surface area contributed by atoms with Gasteiger partial charge < -0.3 is 9.47 Å². The van der Waals surface area contributed by atoms with Gasteiger partial charge >= 0.3 is 0 Å². The zero-order valence-electron chi connectivity index (χ0n) is 18.5. The summed E-state index contributed by atoms with van der Waals surface area (Å²) in [5.41, 5.74) is 4.57. The molecule has 0 amide bonds. The van der Waals surface area contributed by atoms with Crippen molar-refractivity contribution in [2.45, 2.75) is 6.04 Å². The number of aryl methyl sites for hydroxylation is 1. The summed E-state index contributed by atoms with van der Waals surface area (Å²) in [7, 11) is 3.87. The van der Waals surface area contributed by atoms with Crippen LogP contribution in [-0.4, -0.2) is 23.4 Å². The Morgan fingerprint density at radius 1 is 0.882 bits per heavy atom. The molecule has 0 bridgehead atoms. The highest BCUT2D eigenvalue weighted by Crippen LogP contribution is 2.40. The predicted molar refractivity (Wildman–Crippen MR) is 140 cm³/mol. The molecule has 34 heavy (non-hydrogen) atoms. The maximum absolute atomic E-state index is 13.8. The molecule has 1 aromatic heterocycles. The van der Waals surface area contributed by atoms with Crippen molar-refractivity contribution in [3.8, 4) is 11.1 Å². The second kappa shape index (κ2) is 7.59. The minimum Gasteiger partial charge on any atom is -0.366 e. The Labute approximate surface area is 206 Å². The number of Topliss-reactive ketones (excluding diaryl/α,β-unsaturated/α-hetero) is 1. The van der Waals surface area contributed by atoms with Crippen LogP contribution in [0, 0.1) is 5.92 Å². The van der Waals surface area contributed by atoms with Crippen molar-refractivity contribution in [3.63, 3.8) is 0 Å². The van der Waals surface area contributed by atoms with E-state index < -0.39 is 0 Å². The Kier molecular flexibility index (Phi) is 4.73. The topological polar surface area (TPSA) is 42.3 Å². The van der Waals surface area contributed by atoms with Gasteiger partial charge in [0.1, 0.15) is 0 Å². The van der Waals surface area contributed by atoms with E-state index in [0.717, 1.165) is 22.3 Å². The van der Waals surface area contributed by atoms with Crippen molar-refractivity contribution in [2.75, 3.05) is 11.9 Å². The molecule has 4 nitrogen and oxygen atoms in total. The first-order valence-corrected chi connectivity index (χ1v) is 11.8. The van der Waals surface area contributed by atoms with E-state index in [9.17, 15) is 9.59 Å². The van der Waals surface area contributed by atoms with Crippen molar-refractivity contribution < 1.29 is 4.79 Å². The standard InChI is InChI=1S/C28H20Cl2N2O2/c1-31-23-9-8-16(29)10-19(23)27(33)20-14-25-21(13-24(20)31)28(34)22-12-17(30)11-18(26(22)32(25)2)15-6-4-3-5-7-15/h3-14,19,23H,1-2H3. The van der Waals surface area contributed by atoms with E-state index >= 15 is 0 Å². The first-order chi connectivity index (χ1) is 16.3. The summed E-state index contributed by atoms with van der Waals surface area (Å²) in [6.45, 7) is 0. The largest absolute Gasteiger partial charge is 0.366 e. The molecule has 168 valence electrons. The van der Waals surface area contributed by atoms with Crippen LogP contribution in [0.2, 0.25) is 5.02 Å². The highest BCUT2D eigenvalue weighted by atomic mass is 35.5. The summed E-state index contributed by atoms with van der Waals surface area (Å²) < 4.78 is 1.99. The van der Waals surface area contributed by atoms with Gasteiger partial charge in [-0.1, -0.05) is 65.7 Å². The molecule has 0 fully saturated rings. The van der Waals surface area contributed by atoms with E-state index in [-0.39, 0.29) is 23.2 Å². The van der Waals surface area contributed by atoms with Crippen molar-refractivity contribution in [1.29, 1.82) is 0 Å². The second-order valence-corrected chi connectivity index (χ2v) is 9.77. The zero-order chi connectivity index (χ0) is 23.7. The molecule has 3 aromatic carbocycles. The third-order valence-corrected chi connectivity index (χ3v) is 7.48. The lowest BCUT2D eigenvalue weighted by Gasteiger charge is -2.39. The van der Waals surface area contributed by atoms with Crippen LogP contribution in [0.5, 0.6) is 0 Å². The summed E-state index contributed by atoms with van der Waals surface area (Å²) in [5, 5.41) is 2.18. The average molecular weight is 487 g/mol. The molecule has 1 aliphatic heterocycles. The highest BCUT2D eigenvalue weighted by molar-refractivity contribution is 6.32. The summed E-state index contributed by atoms with van der Waals surface area (Å²) in [6, 6.07) is 17.0. The minimum atomic E-state index is -0.358. The van der Waals surface area contributed by atoms with Crippen LogP contribution >= 0.6 is 23.2 Å². The van der Waals surface area contributed by atoms with Crippen LogP contribution in [0.1, 0.15) is 10.4 Å². The van der Waals surface area contributed by atoms with E-state index in [1.165, 1.54) is 0 Å². The molecule has 0 radical (unpaired) electrons. The number of carbonyl (C=O) groups excluding carboxylic acids is 1. The molecule has 1 aliphatic carbocycles. The number of rotatable bonds is 1. The van der Waals surface area contributed by atoms with Gasteiger partial charge in [0, 0.05) is 51.7 Å². The molecule has 0 saturated heterocycles. The third-order valence-electron chi connectivity index (χ3n) is 7.01. The number of likely N-dealkylation sites (N-methyl/N-ethyl adjacent to an activating group) is 1. The van der Waals surface area contributed by atoms with Gasteiger partial charge in [-0.3, -0.25) is 9.59 Å². The van der Waals surface area contributed by atoms with Gasteiger partial charge in [0.05, 0.1) is 23.0 Å². The van der Waals surface area contributed by atoms with Gasteiger partial charge in [0.25, 0.3) is 0 Å². The number of benzene rings is 3. The van der Waals surface area contributed by atoms with Crippen LogP contribution in [-0.2, 0) is 7.05 Å². The molecule has 6 heteroatoms. The molecular weight excluding hydrogens is 467 g/mol. The lowest BCUT2D eigenvalue weighted by atomic mass is 9.81. The van der Waals surface area contributed by atoms with E-state index in [1.807, 2.05) is 90.3 Å². The second-order valence-electron chi connectivity index (χ2n) is 8.89. The molecule has 4 aromatic rings. The fourth-order valence-corrected chi connectivity index (χ4v) is 5.77. The minimum absolute atomic E-state index is 0.00874. The third kappa shape index (κ3) is 2.99. The first-order valence-electron chi connectivity index (χ1n) is 11.0. The number of anilines is 1. The van der Waals surface area contributed by atoms with Crippen LogP contribution in [0.15, 0.2) is 82.7 Å². The number of hydrogen-bond acceptors (Lipinski definition) is 3. The van der Waals surface area contributed by atoms with Gasteiger partial charge in [-0.25, -0.2) is 0 Å². The van der Waals surface area contributed by atoms with Crippen molar-refractivity contribution in [2.24, 2.45) is 13.0 Å². The first kappa shape index (κ1) is 21.2. The lowest BCUT2D eigenvalue weighted by Crippen LogP contribution is -2.45. The zero-order valence-corrected chi connectivity index (χ0v) is 20.1. The fourth-order valence-electron chi connectivity index (χ4n) is 5.34. The van der Waals surface area contributed by atoms with Gasteiger partial charge in [-0.2, -0.15) is 0 Å². The van der Waals surface area contributed by atoms with Gasteiger partial charge in [0.15, 0.2) is 11.2 Å². The SMILES string of the molecule is CN1c2cc3c(=O)c4cc(Cl)cc(-c5ccccc5)c4n(C)c3cc2C(=O)C2C=C(Cl)C=CC21. The van der Waals surface area contributed by atoms with Gasteiger partial charge in [-0.05, 0) is 35.9 Å². The Morgan fingerprint density at radius 3 is 2.41 bits per heavy atom. The number of pyridine rings is 1. The Bertz CT molecular complexity index is 1650. The average Bonchev–Trinajstić information content (AvgIpc) is 2.85. The summed E-state index contributed by atoms with van der Waals surface area (Å²) >= 11 is 12.7. The summed E-state index contributed by atoms with van der Waals surface area (Å²) in [4.78, 5) is 29.3. The monoisotopic (exact) mass is 486 g/mol. The Balaban J connectivity index is 1.70. The van der Waals surface area contributed by atoms with E-state index in [2.05, 4.69) is 0 Å². The summed E-state index contributed by atoms with van der Waals surface area (Å²) in [6.07, 6.45) is 5.58. The highest BCUT2D eigenvalue weighted by Gasteiger charge is 2.38. The number of hydrogen-bond donors (Lipinski definition) is 0. The lowest BCUT2D eigenvalue weighted by molar-refractivity contribution is 0.0929. The Hall–Kier alpha value is -3.34. The molecule has 6 rings (SSSR count). The van der Waals surface area contributed by atoms with Crippen molar-refractivity contribution >= 4 is 56.5 Å². The van der Waals surface area contributed by atoms with Gasteiger partial charge in [0.2, 0.25) is 0 Å². The molecule has 0 N–H and O–H groups in total. The number of allylic oxidation sites excluding steroid dienone is 2. The predicted octanol–water partition coefficient (Wildman–Crippen LogP) is 6.32. The molecule has 2 atom stereocenters. The van der Waals surface area contributed by atoms with Crippen molar-refractivity contribution in [1.82, 2.24) is 4.57 Å². The number of aromatic nitrogens is 1. The van der Waals surface area contributed by atoms with Crippen LogP contribution in [0.3, 0.4) is 0 Å². The van der Waals surface area contributed by atoms with Crippen LogP contribution in [0.4, 0.5) is 5.69 Å². The fraction of sp³-hybridized carbons (Fsp3) is 0.143. The maximum atomic E-state index is 13.8. The van der Waals surface area contributed by atoms with Crippen molar-refractivity contribution in [3.05, 3.63) is 98.7 Å². The normalized spacial score (nSPS) is 19.4. The number of carbonyl (C=O) groups is 1. The molecule has 0 spiro atoms. The van der Waals surface area contributed by atoms with Gasteiger partial charge in [-0.15, -0.1) is 0 Å². The van der Waals surface area contributed by atoms with Crippen LogP contribution in [0.25, 0.3) is 32.9 Å². The molecule has 2 aliphatic rings. The molecule has 2 heterocycles. The number of nitrogens with zero attached hydrogens (tertiary/aromatic N) is 2. The summed E-state index contributed by atoms with van der Waals surface area (Å²) in [5.74, 6) is -0.349. The van der Waals surface area contributed by atoms with E-state index in [0.29, 0.717) is 31.9 Å². The van der Waals surface area contributed by atoms with Crippen LogP contribution < -0.4 is 10.3 Å². The number of ketones is 1.